The number of hydrogen-bond acceptors (Lipinski definition) is 3. The summed E-state index contributed by atoms with van der Waals surface area (Å²) in [5.41, 5.74) is 8.42. The third-order valence-corrected chi connectivity index (χ3v) is 3.62. The van der Waals surface area contributed by atoms with Crippen molar-refractivity contribution in [1.82, 2.24) is 5.32 Å². The van der Waals surface area contributed by atoms with E-state index in [4.69, 9.17) is 11.1 Å². The van der Waals surface area contributed by atoms with Crippen LogP contribution in [0.5, 0.6) is 0 Å². The van der Waals surface area contributed by atoms with Crippen LogP contribution in [-0.4, -0.2) is 19.3 Å². The van der Waals surface area contributed by atoms with Gasteiger partial charge in [-0.05, 0) is 31.4 Å². The van der Waals surface area contributed by atoms with Crippen molar-refractivity contribution in [3.8, 4) is 0 Å². The van der Waals surface area contributed by atoms with E-state index in [-0.39, 0.29) is 5.41 Å². The van der Waals surface area contributed by atoms with Gasteiger partial charge in [0.1, 0.15) is 0 Å². The van der Waals surface area contributed by atoms with Crippen molar-refractivity contribution in [2.75, 3.05) is 13.1 Å². The van der Waals surface area contributed by atoms with Crippen LogP contribution in [0.15, 0.2) is 11.3 Å². The fourth-order valence-electron chi connectivity index (χ4n) is 2.14. The topological polar surface area (TPSA) is 61.9 Å². The van der Waals surface area contributed by atoms with E-state index in [1.165, 1.54) is 19.1 Å². The monoisotopic (exact) mass is 193 g/mol. The molecule has 1 atom stereocenters. The number of nitrogens with one attached hydrogen (secondary N) is 2. The van der Waals surface area contributed by atoms with Crippen molar-refractivity contribution in [3.05, 3.63) is 11.3 Å². The second-order valence-electron chi connectivity index (χ2n) is 4.76. The van der Waals surface area contributed by atoms with Crippen molar-refractivity contribution in [2.45, 2.75) is 26.2 Å². The van der Waals surface area contributed by atoms with Gasteiger partial charge in [-0.1, -0.05) is 6.92 Å². The Balaban J connectivity index is 2.21. The molecule has 14 heavy (non-hydrogen) atoms. The third-order valence-electron chi connectivity index (χ3n) is 3.62. The zero-order valence-electron chi connectivity index (χ0n) is 8.77. The fourth-order valence-corrected chi connectivity index (χ4v) is 2.14. The van der Waals surface area contributed by atoms with E-state index in [0.29, 0.717) is 5.92 Å². The minimum atomic E-state index is 0.218. The molecule has 78 valence electrons. The molecule has 1 unspecified atom stereocenters. The van der Waals surface area contributed by atoms with Gasteiger partial charge in [0.05, 0.1) is 0 Å². The molecule has 1 aliphatic carbocycles. The summed E-state index contributed by atoms with van der Waals surface area (Å²) in [5.74, 6) is 0.477. The Morgan fingerprint density at radius 1 is 1.57 bits per heavy atom. The molecule has 2 fully saturated rings. The van der Waals surface area contributed by atoms with Gasteiger partial charge in [0.2, 0.25) is 0 Å². The highest BCUT2D eigenvalue weighted by Crippen LogP contribution is 2.50. The minimum absolute atomic E-state index is 0.218. The summed E-state index contributed by atoms with van der Waals surface area (Å²) in [6, 6.07) is 0. The maximum Gasteiger partial charge on any atom is 0.0230 e. The lowest BCUT2D eigenvalue weighted by molar-refractivity contribution is 0.628. The van der Waals surface area contributed by atoms with E-state index in [1.807, 2.05) is 0 Å². The molecule has 1 saturated carbocycles. The first kappa shape index (κ1) is 9.71. The van der Waals surface area contributed by atoms with Crippen LogP contribution in [-0.2, 0) is 0 Å². The molecule has 0 amide bonds. The molecule has 0 bridgehead atoms. The third kappa shape index (κ3) is 1.57. The van der Waals surface area contributed by atoms with Crippen LogP contribution in [0, 0.1) is 16.7 Å². The Hall–Kier alpha value is -0.830. The highest BCUT2D eigenvalue weighted by molar-refractivity contribution is 5.78. The number of hydrogen-bond donors (Lipinski definition) is 3. The second kappa shape index (κ2) is 3.39. The molecule has 0 aromatic rings. The molecule has 2 rings (SSSR count). The maximum absolute atomic E-state index is 7.47. The second-order valence-corrected chi connectivity index (χ2v) is 4.76. The summed E-state index contributed by atoms with van der Waals surface area (Å²) in [5, 5.41) is 10.8. The summed E-state index contributed by atoms with van der Waals surface area (Å²) in [6.45, 7) is 4.25. The van der Waals surface area contributed by atoms with E-state index in [9.17, 15) is 0 Å². The Morgan fingerprint density at radius 3 is 2.71 bits per heavy atom. The lowest BCUT2D eigenvalue weighted by atomic mass is 9.91. The van der Waals surface area contributed by atoms with E-state index < -0.39 is 0 Å². The minimum Gasteiger partial charge on any atom is -0.401 e. The van der Waals surface area contributed by atoms with E-state index >= 15 is 0 Å². The van der Waals surface area contributed by atoms with Crippen LogP contribution in [0.1, 0.15) is 26.2 Å². The first-order chi connectivity index (χ1) is 6.67. The summed E-state index contributed by atoms with van der Waals surface area (Å²) in [6.07, 6.45) is 4.98. The summed E-state index contributed by atoms with van der Waals surface area (Å²) >= 11 is 0. The van der Waals surface area contributed by atoms with Gasteiger partial charge in [-0.25, -0.2) is 0 Å². The summed E-state index contributed by atoms with van der Waals surface area (Å²) in [7, 11) is 0. The number of allylic oxidation sites excluding steroid dienone is 1. The van der Waals surface area contributed by atoms with Gasteiger partial charge in [0.25, 0.3) is 0 Å². The largest absolute Gasteiger partial charge is 0.401 e. The van der Waals surface area contributed by atoms with Gasteiger partial charge in [-0.2, -0.15) is 0 Å². The molecule has 1 aliphatic heterocycles. The Labute approximate surface area is 85.3 Å². The Bertz CT molecular complexity index is 270. The van der Waals surface area contributed by atoms with Crippen LogP contribution < -0.4 is 11.1 Å². The van der Waals surface area contributed by atoms with E-state index in [0.717, 1.165) is 30.8 Å². The molecular formula is C11H19N3. The molecule has 3 heteroatoms. The molecular weight excluding hydrogens is 174 g/mol. The van der Waals surface area contributed by atoms with Gasteiger partial charge >= 0.3 is 0 Å². The molecule has 0 radical (unpaired) electrons. The van der Waals surface area contributed by atoms with Crippen molar-refractivity contribution >= 4 is 6.21 Å². The van der Waals surface area contributed by atoms with E-state index in [2.05, 4.69) is 12.2 Å². The maximum atomic E-state index is 7.47. The van der Waals surface area contributed by atoms with Crippen molar-refractivity contribution in [1.29, 1.82) is 5.41 Å². The Kier molecular flexibility index (Phi) is 2.35. The van der Waals surface area contributed by atoms with Crippen molar-refractivity contribution < 1.29 is 0 Å². The molecule has 4 N–H and O–H groups in total. The molecule has 2 aliphatic rings. The normalized spacial score (nSPS) is 31.1. The van der Waals surface area contributed by atoms with Crippen LogP contribution >= 0.6 is 0 Å². The smallest absolute Gasteiger partial charge is 0.0230 e. The zero-order valence-corrected chi connectivity index (χ0v) is 8.77. The van der Waals surface area contributed by atoms with E-state index in [1.54, 1.807) is 0 Å². The molecule has 3 nitrogen and oxygen atoms in total. The van der Waals surface area contributed by atoms with Gasteiger partial charge in [0.15, 0.2) is 0 Å². The van der Waals surface area contributed by atoms with Gasteiger partial charge in [-0.15, -0.1) is 0 Å². The molecule has 0 aromatic carbocycles. The Morgan fingerprint density at radius 2 is 2.29 bits per heavy atom. The summed E-state index contributed by atoms with van der Waals surface area (Å²) in [4.78, 5) is 0. The van der Waals surface area contributed by atoms with Crippen LogP contribution in [0.2, 0.25) is 0 Å². The molecule has 1 saturated heterocycles. The molecule has 0 spiro atoms. The zero-order chi connectivity index (χ0) is 10.2. The lowest BCUT2D eigenvalue weighted by Crippen LogP contribution is -2.20. The highest BCUT2D eigenvalue weighted by Gasteiger charge is 2.42. The first-order valence-corrected chi connectivity index (χ1v) is 5.39. The average molecular weight is 193 g/mol. The van der Waals surface area contributed by atoms with Gasteiger partial charge in [-0.3, -0.25) is 0 Å². The van der Waals surface area contributed by atoms with Crippen molar-refractivity contribution in [2.24, 2.45) is 17.1 Å². The lowest BCUT2D eigenvalue weighted by Gasteiger charge is -2.17. The van der Waals surface area contributed by atoms with Crippen LogP contribution in [0.3, 0.4) is 0 Å². The number of rotatable bonds is 3. The van der Waals surface area contributed by atoms with Gasteiger partial charge in [0, 0.05) is 29.8 Å². The predicted molar refractivity (Wildman–Crippen MR) is 58.3 cm³/mol. The van der Waals surface area contributed by atoms with Crippen molar-refractivity contribution in [3.63, 3.8) is 0 Å². The van der Waals surface area contributed by atoms with Crippen LogP contribution in [0.4, 0.5) is 0 Å². The standard InChI is InChI=1S/C11H19N3/c1-11(3-4-11)10(13)9(6-12)8-2-5-14-7-8/h6,8,12,14H,2-5,7,13H2,1H3. The summed E-state index contributed by atoms with van der Waals surface area (Å²) < 4.78 is 0. The van der Waals surface area contributed by atoms with Crippen LogP contribution in [0.25, 0.3) is 0 Å². The molecule has 0 aromatic heterocycles. The van der Waals surface area contributed by atoms with Gasteiger partial charge < -0.3 is 16.5 Å². The SMILES string of the molecule is CC1(C(N)=C(C=N)C2CCNC2)CC1. The fraction of sp³-hybridized carbons (Fsp3) is 0.727. The quantitative estimate of drug-likeness (QED) is 0.591. The highest BCUT2D eigenvalue weighted by atomic mass is 14.9. The first-order valence-electron chi connectivity index (χ1n) is 5.39. The number of nitrogens with two attached hydrogens (primary N) is 1. The average Bonchev–Trinajstić information content (AvgIpc) is 2.73. The predicted octanol–water partition coefficient (Wildman–Crippen LogP) is 1.26. The molecule has 1 heterocycles.